The van der Waals surface area contributed by atoms with Gasteiger partial charge in [0, 0.05) is 21.9 Å². The first-order valence-corrected chi connectivity index (χ1v) is 10.4. The molecule has 1 aromatic heterocycles. The third-order valence-electron chi connectivity index (χ3n) is 4.40. The number of halogens is 1. The van der Waals surface area contributed by atoms with Gasteiger partial charge in [-0.1, -0.05) is 23.7 Å². The van der Waals surface area contributed by atoms with Crippen molar-refractivity contribution < 1.29 is 19.1 Å². The first kappa shape index (κ1) is 21.1. The lowest BCUT2D eigenvalue weighted by Gasteiger charge is -2.04. The Morgan fingerprint density at radius 3 is 2.34 bits per heavy atom. The lowest BCUT2D eigenvalue weighted by molar-refractivity contribution is -0.143. The number of hydrogen-bond donors (Lipinski definition) is 0. The van der Waals surface area contributed by atoms with Crippen LogP contribution in [0.15, 0.2) is 54.6 Å². The molecular weight excluding hydrogens is 408 g/mol. The maximum atomic E-state index is 13.0. The van der Waals surface area contributed by atoms with E-state index in [1.54, 1.807) is 38.3 Å². The molecule has 0 aliphatic rings. The van der Waals surface area contributed by atoms with Crippen molar-refractivity contribution in [1.29, 1.82) is 0 Å². The van der Waals surface area contributed by atoms with E-state index in [9.17, 15) is 9.59 Å². The van der Waals surface area contributed by atoms with Crippen LogP contribution in [-0.4, -0.2) is 25.5 Å². The minimum atomic E-state index is -0.246. The van der Waals surface area contributed by atoms with Crippen molar-refractivity contribution in [2.75, 3.05) is 13.7 Å². The standard InChI is InChI=1S/C23H21ClO4S/c1-3-28-21(25)13-8-17-14-20(22(26)15-6-11-19(27-2)12-7-15)29-23(17)16-4-9-18(24)10-5-16/h4-7,9-12,14H,3,8,13H2,1-2H3. The highest BCUT2D eigenvalue weighted by Crippen LogP contribution is 2.35. The molecule has 0 aliphatic carbocycles. The van der Waals surface area contributed by atoms with Gasteiger partial charge in [-0.05, 0) is 66.9 Å². The van der Waals surface area contributed by atoms with Gasteiger partial charge in [0.2, 0.25) is 5.78 Å². The Morgan fingerprint density at radius 1 is 1.03 bits per heavy atom. The number of thiophene rings is 1. The van der Waals surface area contributed by atoms with Gasteiger partial charge < -0.3 is 9.47 Å². The van der Waals surface area contributed by atoms with E-state index in [4.69, 9.17) is 21.1 Å². The van der Waals surface area contributed by atoms with Crippen LogP contribution in [0.1, 0.15) is 34.1 Å². The zero-order valence-electron chi connectivity index (χ0n) is 16.2. The summed E-state index contributed by atoms with van der Waals surface area (Å²) in [5.41, 5.74) is 2.50. The highest BCUT2D eigenvalue weighted by Gasteiger charge is 2.18. The molecule has 0 unspecified atom stereocenters. The molecule has 0 saturated heterocycles. The monoisotopic (exact) mass is 428 g/mol. The molecular formula is C23H21ClO4S. The molecule has 0 spiro atoms. The highest BCUT2D eigenvalue weighted by atomic mass is 35.5. The molecule has 0 aliphatic heterocycles. The van der Waals surface area contributed by atoms with Gasteiger partial charge in [-0.2, -0.15) is 0 Å². The summed E-state index contributed by atoms with van der Waals surface area (Å²) in [7, 11) is 1.59. The fourth-order valence-corrected chi connectivity index (χ4v) is 4.23. The van der Waals surface area contributed by atoms with E-state index in [0.29, 0.717) is 34.2 Å². The van der Waals surface area contributed by atoms with Crippen molar-refractivity contribution in [1.82, 2.24) is 0 Å². The predicted molar refractivity (Wildman–Crippen MR) is 116 cm³/mol. The number of ketones is 1. The molecule has 6 heteroatoms. The third-order valence-corrected chi connectivity index (χ3v) is 5.87. The summed E-state index contributed by atoms with van der Waals surface area (Å²) in [4.78, 5) is 26.4. The van der Waals surface area contributed by atoms with Crippen molar-refractivity contribution in [3.63, 3.8) is 0 Å². The average molecular weight is 429 g/mol. The molecule has 3 aromatic rings. The lowest BCUT2D eigenvalue weighted by Crippen LogP contribution is -2.05. The van der Waals surface area contributed by atoms with E-state index in [1.807, 2.05) is 30.3 Å². The minimum absolute atomic E-state index is 0.0600. The Morgan fingerprint density at radius 2 is 1.72 bits per heavy atom. The number of carbonyl (C=O) groups excluding carboxylic acids is 2. The molecule has 150 valence electrons. The number of rotatable bonds is 8. The molecule has 1 heterocycles. The average Bonchev–Trinajstić information content (AvgIpc) is 3.17. The van der Waals surface area contributed by atoms with Crippen LogP contribution >= 0.6 is 22.9 Å². The van der Waals surface area contributed by atoms with Crippen LogP contribution in [0.25, 0.3) is 10.4 Å². The Hall–Kier alpha value is -2.63. The van der Waals surface area contributed by atoms with Gasteiger partial charge in [-0.25, -0.2) is 0 Å². The lowest BCUT2D eigenvalue weighted by atomic mass is 10.0. The Labute approximate surface area is 179 Å². The number of methoxy groups -OCH3 is 1. The maximum absolute atomic E-state index is 13.0. The van der Waals surface area contributed by atoms with Crippen LogP contribution in [0, 0.1) is 0 Å². The van der Waals surface area contributed by atoms with Crippen LogP contribution in [0.3, 0.4) is 0 Å². The van der Waals surface area contributed by atoms with Crippen molar-refractivity contribution in [2.45, 2.75) is 19.8 Å². The summed E-state index contributed by atoms with van der Waals surface area (Å²) in [5, 5.41) is 0.646. The molecule has 0 bridgehead atoms. The zero-order chi connectivity index (χ0) is 20.8. The maximum Gasteiger partial charge on any atom is 0.306 e. The van der Waals surface area contributed by atoms with Crippen molar-refractivity contribution in [2.24, 2.45) is 0 Å². The molecule has 0 atom stereocenters. The molecule has 29 heavy (non-hydrogen) atoms. The fraction of sp³-hybridized carbons (Fsp3) is 0.217. The van der Waals surface area contributed by atoms with Crippen LogP contribution < -0.4 is 4.74 Å². The Kier molecular flexibility index (Phi) is 7.07. The van der Waals surface area contributed by atoms with E-state index >= 15 is 0 Å². The first-order chi connectivity index (χ1) is 14.0. The van der Waals surface area contributed by atoms with Gasteiger partial charge in [0.05, 0.1) is 18.6 Å². The Balaban J connectivity index is 1.92. The molecule has 4 nitrogen and oxygen atoms in total. The zero-order valence-corrected chi connectivity index (χ0v) is 17.8. The minimum Gasteiger partial charge on any atom is -0.497 e. The largest absolute Gasteiger partial charge is 0.497 e. The summed E-state index contributed by atoms with van der Waals surface area (Å²) in [6.45, 7) is 2.14. The van der Waals surface area contributed by atoms with E-state index in [1.165, 1.54) is 11.3 Å². The quantitative estimate of drug-likeness (QED) is 0.336. The first-order valence-electron chi connectivity index (χ1n) is 9.24. The van der Waals surface area contributed by atoms with Gasteiger partial charge in [0.15, 0.2) is 0 Å². The van der Waals surface area contributed by atoms with Crippen molar-refractivity contribution in [3.05, 3.63) is 75.6 Å². The van der Waals surface area contributed by atoms with Gasteiger partial charge in [0.25, 0.3) is 0 Å². The topological polar surface area (TPSA) is 52.6 Å². The van der Waals surface area contributed by atoms with Crippen LogP contribution in [0.5, 0.6) is 5.75 Å². The molecule has 0 N–H and O–H groups in total. The summed E-state index contributed by atoms with van der Waals surface area (Å²) >= 11 is 7.44. The SMILES string of the molecule is CCOC(=O)CCc1cc(C(=O)c2ccc(OC)cc2)sc1-c1ccc(Cl)cc1. The molecule has 0 fully saturated rings. The number of aryl methyl sites for hydroxylation is 1. The number of hydrogen-bond acceptors (Lipinski definition) is 5. The molecule has 0 amide bonds. The van der Waals surface area contributed by atoms with E-state index < -0.39 is 0 Å². The molecule has 3 rings (SSSR count). The predicted octanol–water partition coefficient (Wildman–Crippen LogP) is 5.80. The number of carbonyl (C=O) groups is 2. The number of benzene rings is 2. The van der Waals surface area contributed by atoms with Crippen LogP contribution in [0.4, 0.5) is 0 Å². The van der Waals surface area contributed by atoms with Gasteiger partial charge >= 0.3 is 5.97 Å². The van der Waals surface area contributed by atoms with E-state index in [0.717, 1.165) is 16.0 Å². The second-order valence-corrected chi connectivity index (χ2v) is 7.82. The second kappa shape index (κ2) is 9.72. The number of ether oxygens (including phenoxy) is 2. The van der Waals surface area contributed by atoms with Gasteiger partial charge in [0.1, 0.15) is 5.75 Å². The smallest absolute Gasteiger partial charge is 0.306 e. The van der Waals surface area contributed by atoms with E-state index in [2.05, 4.69) is 0 Å². The van der Waals surface area contributed by atoms with Gasteiger partial charge in [-0.3, -0.25) is 9.59 Å². The summed E-state index contributed by atoms with van der Waals surface area (Å²) in [5.74, 6) is 0.392. The molecule has 0 radical (unpaired) electrons. The fourth-order valence-electron chi connectivity index (χ4n) is 2.93. The Bertz CT molecular complexity index is 991. The van der Waals surface area contributed by atoms with Crippen molar-refractivity contribution >= 4 is 34.7 Å². The summed E-state index contributed by atoms with van der Waals surface area (Å²) < 4.78 is 10.2. The van der Waals surface area contributed by atoms with Gasteiger partial charge in [-0.15, -0.1) is 11.3 Å². The van der Waals surface area contributed by atoms with Crippen LogP contribution in [0.2, 0.25) is 5.02 Å². The molecule has 0 saturated carbocycles. The third kappa shape index (κ3) is 5.25. The molecule has 2 aromatic carbocycles. The van der Waals surface area contributed by atoms with Crippen molar-refractivity contribution in [3.8, 4) is 16.2 Å². The highest BCUT2D eigenvalue weighted by molar-refractivity contribution is 7.17. The van der Waals surface area contributed by atoms with E-state index in [-0.39, 0.29) is 18.2 Å². The second-order valence-electron chi connectivity index (χ2n) is 6.33. The number of esters is 1. The van der Waals surface area contributed by atoms with Crippen LogP contribution in [-0.2, 0) is 16.0 Å². The summed E-state index contributed by atoms with van der Waals surface area (Å²) in [6.07, 6.45) is 0.768. The normalized spacial score (nSPS) is 10.6. The summed E-state index contributed by atoms with van der Waals surface area (Å²) in [6, 6.07) is 16.4.